The highest BCUT2D eigenvalue weighted by Gasteiger charge is 2.34. The molecule has 2 heteroatoms. The molecule has 0 heterocycles. The summed E-state index contributed by atoms with van der Waals surface area (Å²) in [6.07, 6.45) is 5.57. The maximum Gasteiger partial charge on any atom is 0.251 e. The SMILES string of the molecule is C=Cc1cccc(O[Si](CCC)(CCC)CCC)c1. The molecule has 1 nitrogen and oxygen atoms in total. The summed E-state index contributed by atoms with van der Waals surface area (Å²) < 4.78 is 6.56. The van der Waals surface area contributed by atoms with Crippen LogP contribution in [-0.2, 0) is 0 Å². The maximum absolute atomic E-state index is 6.56. The van der Waals surface area contributed by atoms with Gasteiger partial charge in [-0.15, -0.1) is 0 Å². The van der Waals surface area contributed by atoms with Crippen LogP contribution in [0.3, 0.4) is 0 Å². The van der Waals surface area contributed by atoms with Crippen LogP contribution in [0.25, 0.3) is 6.08 Å². The summed E-state index contributed by atoms with van der Waals surface area (Å²) in [7, 11) is -1.61. The fourth-order valence-electron chi connectivity index (χ4n) is 2.85. The van der Waals surface area contributed by atoms with Crippen molar-refractivity contribution in [3.05, 3.63) is 36.4 Å². The van der Waals surface area contributed by atoms with Gasteiger partial charge in [-0.05, 0) is 35.8 Å². The monoisotopic (exact) mass is 276 g/mol. The van der Waals surface area contributed by atoms with Crippen molar-refractivity contribution in [2.75, 3.05) is 0 Å². The Morgan fingerprint density at radius 3 is 2.11 bits per heavy atom. The van der Waals surface area contributed by atoms with Gasteiger partial charge in [0.1, 0.15) is 5.75 Å². The van der Waals surface area contributed by atoms with Crippen LogP contribution < -0.4 is 4.43 Å². The largest absolute Gasteiger partial charge is 0.543 e. The van der Waals surface area contributed by atoms with E-state index in [2.05, 4.69) is 51.6 Å². The van der Waals surface area contributed by atoms with E-state index >= 15 is 0 Å². The van der Waals surface area contributed by atoms with E-state index in [0.29, 0.717) is 0 Å². The summed E-state index contributed by atoms with van der Waals surface area (Å²) >= 11 is 0. The zero-order valence-corrected chi connectivity index (χ0v) is 13.7. The third kappa shape index (κ3) is 4.87. The van der Waals surface area contributed by atoms with Gasteiger partial charge in [0.2, 0.25) is 0 Å². The summed E-state index contributed by atoms with van der Waals surface area (Å²) in [6, 6.07) is 12.2. The van der Waals surface area contributed by atoms with Crippen LogP contribution in [0.15, 0.2) is 30.8 Å². The normalized spacial score (nSPS) is 11.3. The maximum atomic E-state index is 6.56. The Labute approximate surface area is 119 Å². The van der Waals surface area contributed by atoms with Crippen LogP contribution >= 0.6 is 0 Å². The first kappa shape index (κ1) is 16.0. The number of hydrogen-bond acceptors (Lipinski definition) is 1. The van der Waals surface area contributed by atoms with E-state index in [9.17, 15) is 0 Å². The second kappa shape index (κ2) is 8.21. The van der Waals surface area contributed by atoms with E-state index in [0.717, 1.165) is 11.3 Å². The molecular formula is C17H28OSi. The van der Waals surface area contributed by atoms with Gasteiger partial charge >= 0.3 is 0 Å². The third-order valence-electron chi connectivity index (χ3n) is 3.54. The lowest BCUT2D eigenvalue weighted by molar-refractivity contribution is 0.518. The molecule has 0 amide bonds. The van der Waals surface area contributed by atoms with Crippen LogP contribution in [-0.4, -0.2) is 8.32 Å². The molecule has 19 heavy (non-hydrogen) atoms. The highest BCUT2D eigenvalue weighted by atomic mass is 28.4. The van der Waals surface area contributed by atoms with Crippen molar-refractivity contribution >= 4 is 14.4 Å². The van der Waals surface area contributed by atoms with Gasteiger partial charge in [-0.2, -0.15) is 0 Å². The fourth-order valence-corrected chi connectivity index (χ4v) is 7.27. The molecule has 0 radical (unpaired) electrons. The third-order valence-corrected chi connectivity index (χ3v) is 8.45. The smallest absolute Gasteiger partial charge is 0.251 e. The lowest BCUT2D eigenvalue weighted by Gasteiger charge is -2.32. The van der Waals surface area contributed by atoms with Crippen molar-refractivity contribution in [2.45, 2.75) is 58.2 Å². The molecule has 0 unspecified atom stereocenters. The van der Waals surface area contributed by atoms with Crippen molar-refractivity contribution < 1.29 is 4.43 Å². The molecule has 0 aliphatic rings. The van der Waals surface area contributed by atoms with Crippen molar-refractivity contribution in [2.24, 2.45) is 0 Å². The minimum absolute atomic E-state index is 1.04. The number of hydrogen-bond donors (Lipinski definition) is 0. The minimum Gasteiger partial charge on any atom is -0.543 e. The molecule has 1 aromatic carbocycles. The highest BCUT2D eigenvalue weighted by Crippen LogP contribution is 2.30. The molecule has 106 valence electrons. The lowest BCUT2D eigenvalue weighted by atomic mass is 10.2. The molecule has 0 atom stereocenters. The van der Waals surface area contributed by atoms with Gasteiger partial charge in [-0.25, -0.2) is 0 Å². The molecule has 0 N–H and O–H groups in total. The molecule has 0 spiro atoms. The molecule has 0 aliphatic carbocycles. The first-order chi connectivity index (χ1) is 9.19. The molecule has 0 saturated heterocycles. The Kier molecular flexibility index (Phi) is 6.93. The van der Waals surface area contributed by atoms with Gasteiger partial charge < -0.3 is 4.43 Å². The lowest BCUT2D eigenvalue weighted by Crippen LogP contribution is -2.41. The van der Waals surface area contributed by atoms with Gasteiger partial charge in [0.25, 0.3) is 8.32 Å². The minimum atomic E-state index is -1.61. The van der Waals surface area contributed by atoms with Crippen LogP contribution in [0, 0.1) is 0 Å². The predicted octanol–water partition coefficient (Wildman–Crippen LogP) is 5.88. The quantitative estimate of drug-likeness (QED) is 0.511. The first-order valence-electron chi connectivity index (χ1n) is 7.61. The van der Waals surface area contributed by atoms with E-state index in [1.54, 1.807) is 0 Å². The standard InChI is InChI=1S/C17H28OSi/c1-5-12-19(13-6-2,14-7-3)18-17-11-9-10-16(8-4)15-17/h8-11,15H,4-7,12-14H2,1-3H3. The average molecular weight is 276 g/mol. The molecule has 0 aliphatic heterocycles. The molecule has 0 saturated carbocycles. The average Bonchev–Trinajstić information content (AvgIpc) is 2.40. The summed E-state index contributed by atoms with van der Waals surface area (Å²) in [5, 5.41) is 0. The second-order valence-corrected chi connectivity index (χ2v) is 9.38. The van der Waals surface area contributed by atoms with Crippen molar-refractivity contribution in [1.82, 2.24) is 0 Å². The van der Waals surface area contributed by atoms with Crippen molar-refractivity contribution in [3.63, 3.8) is 0 Å². The molecule has 1 aromatic rings. The molecule has 0 aromatic heterocycles. The topological polar surface area (TPSA) is 9.23 Å². The Bertz CT molecular complexity index is 370. The highest BCUT2D eigenvalue weighted by molar-refractivity contribution is 6.74. The van der Waals surface area contributed by atoms with E-state index in [4.69, 9.17) is 4.43 Å². The molecule has 1 rings (SSSR count). The summed E-state index contributed by atoms with van der Waals surface area (Å²) in [6.45, 7) is 10.7. The van der Waals surface area contributed by atoms with Gasteiger partial charge in [0, 0.05) is 0 Å². The predicted molar refractivity (Wildman–Crippen MR) is 88.2 cm³/mol. The van der Waals surface area contributed by atoms with Crippen LogP contribution in [0.5, 0.6) is 5.75 Å². The zero-order valence-electron chi connectivity index (χ0n) is 12.7. The van der Waals surface area contributed by atoms with E-state index in [-0.39, 0.29) is 0 Å². The van der Waals surface area contributed by atoms with Gasteiger partial charge in [-0.3, -0.25) is 0 Å². The Morgan fingerprint density at radius 1 is 1.05 bits per heavy atom. The summed E-state index contributed by atoms with van der Waals surface area (Å²) in [5.74, 6) is 1.04. The Hall–Kier alpha value is -1.02. The van der Waals surface area contributed by atoms with E-state index < -0.39 is 8.32 Å². The molecule has 0 fully saturated rings. The first-order valence-corrected chi connectivity index (χ1v) is 10.1. The van der Waals surface area contributed by atoms with Crippen molar-refractivity contribution in [3.8, 4) is 5.75 Å². The van der Waals surface area contributed by atoms with E-state index in [1.807, 2.05) is 6.08 Å². The van der Waals surface area contributed by atoms with Crippen LogP contribution in [0.1, 0.15) is 45.6 Å². The zero-order chi connectivity index (χ0) is 14.1. The van der Waals surface area contributed by atoms with Crippen LogP contribution in [0.2, 0.25) is 18.1 Å². The number of rotatable bonds is 9. The van der Waals surface area contributed by atoms with E-state index in [1.165, 1.54) is 37.4 Å². The molecular weight excluding hydrogens is 248 g/mol. The van der Waals surface area contributed by atoms with Gasteiger partial charge in [0.15, 0.2) is 0 Å². The fraction of sp³-hybridized carbons (Fsp3) is 0.529. The summed E-state index contributed by atoms with van der Waals surface area (Å²) in [5.41, 5.74) is 1.14. The number of benzene rings is 1. The van der Waals surface area contributed by atoms with Gasteiger partial charge in [-0.1, -0.05) is 64.8 Å². The van der Waals surface area contributed by atoms with Crippen molar-refractivity contribution in [1.29, 1.82) is 0 Å². The second-order valence-electron chi connectivity index (χ2n) is 5.31. The summed E-state index contributed by atoms with van der Waals surface area (Å²) in [4.78, 5) is 0. The Morgan fingerprint density at radius 2 is 1.63 bits per heavy atom. The van der Waals surface area contributed by atoms with Crippen LogP contribution in [0.4, 0.5) is 0 Å². The Balaban J connectivity index is 2.93. The van der Waals surface area contributed by atoms with Gasteiger partial charge in [0.05, 0.1) is 0 Å². The molecule has 0 bridgehead atoms.